The third kappa shape index (κ3) is 4.37. The van der Waals surface area contributed by atoms with Crippen molar-refractivity contribution in [2.75, 3.05) is 36.4 Å². The lowest BCUT2D eigenvalue weighted by Crippen LogP contribution is -2.38. The maximum absolute atomic E-state index is 12.2. The Morgan fingerprint density at radius 3 is 2.85 bits per heavy atom. The number of rotatable bonds is 8. The first-order valence-corrected chi connectivity index (χ1v) is 8.64. The number of furan rings is 1. The van der Waals surface area contributed by atoms with Crippen LogP contribution in [-0.4, -0.2) is 42.6 Å². The maximum atomic E-state index is 12.2. The Kier molecular flexibility index (Phi) is 5.82. The fourth-order valence-corrected chi connectivity index (χ4v) is 3.06. The van der Waals surface area contributed by atoms with Gasteiger partial charge in [-0.2, -0.15) is 4.98 Å². The van der Waals surface area contributed by atoms with E-state index in [0.717, 1.165) is 37.3 Å². The first kappa shape index (κ1) is 18.3. The molecule has 26 heavy (non-hydrogen) atoms. The van der Waals surface area contributed by atoms with Crippen molar-refractivity contribution in [3.8, 4) is 0 Å². The van der Waals surface area contributed by atoms with Crippen LogP contribution in [0.3, 0.4) is 0 Å². The van der Waals surface area contributed by atoms with E-state index in [0.29, 0.717) is 29.7 Å². The van der Waals surface area contributed by atoms with Gasteiger partial charge in [0.1, 0.15) is 5.52 Å². The molecule has 8 heteroatoms. The topological polar surface area (TPSA) is 66.2 Å². The molecule has 1 fully saturated rings. The van der Waals surface area contributed by atoms with Crippen molar-refractivity contribution >= 4 is 22.9 Å². The summed E-state index contributed by atoms with van der Waals surface area (Å²) in [6, 6.07) is 1.80. The lowest BCUT2D eigenvalue weighted by Gasteiger charge is -2.33. The Balaban J connectivity index is 1.69. The lowest BCUT2D eigenvalue weighted by atomic mass is 9.97. The molecule has 0 saturated carbocycles. The molecule has 3 rings (SSSR count). The Hall–Kier alpha value is -2.48. The average molecular weight is 363 g/mol. The minimum Gasteiger partial charge on any atom is -0.459 e. The summed E-state index contributed by atoms with van der Waals surface area (Å²) < 4.78 is 30.0. The Morgan fingerprint density at radius 2 is 2.15 bits per heavy atom. The number of fused-ring (bicyclic) bond motifs is 1. The molecule has 1 saturated heterocycles. The highest BCUT2D eigenvalue weighted by Crippen LogP contribution is 2.29. The summed E-state index contributed by atoms with van der Waals surface area (Å²) in [5.74, 6) is 1.56. The third-order valence-corrected chi connectivity index (χ3v) is 4.45. The van der Waals surface area contributed by atoms with Crippen LogP contribution in [0.5, 0.6) is 0 Å². The largest absolute Gasteiger partial charge is 0.459 e. The molecule has 0 unspecified atom stereocenters. The number of hydrogen-bond acceptors (Lipinski definition) is 6. The molecule has 0 spiro atoms. The number of halogens is 2. The lowest BCUT2D eigenvalue weighted by molar-refractivity contribution is 0.143. The monoisotopic (exact) mass is 363 g/mol. The molecular weight excluding hydrogens is 340 g/mol. The molecule has 0 bridgehead atoms. The zero-order chi connectivity index (χ0) is 18.5. The van der Waals surface area contributed by atoms with Gasteiger partial charge in [-0.25, -0.2) is 13.8 Å². The number of nitrogens with one attached hydrogen (secondary N) is 2. The standard InChI is InChI=1S/C18H23F2N5O/c1-3-12(2)22-18-23-14-6-9-26-16(14)17(24-18)25-7-4-13(5-8-25)10-21-11-15(19)20/h3,6,9,13,15,21H,1-2,4-5,7-8,10-11H2,(H,22,23,24). The summed E-state index contributed by atoms with van der Waals surface area (Å²) >= 11 is 0. The van der Waals surface area contributed by atoms with Crippen LogP contribution in [0, 0.1) is 5.92 Å². The van der Waals surface area contributed by atoms with Gasteiger partial charge in [0.25, 0.3) is 6.43 Å². The van der Waals surface area contributed by atoms with E-state index in [1.54, 1.807) is 18.4 Å². The molecule has 3 heterocycles. The first-order chi connectivity index (χ1) is 12.6. The van der Waals surface area contributed by atoms with E-state index in [4.69, 9.17) is 4.42 Å². The highest BCUT2D eigenvalue weighted by molar-refractivity contribution is 5.85. The number of alkyl halides is 2. The number of nitrogens with zero attached hydrogens (tertiary/aromatic N) is 3. The van der Waals surface area contributed by atoms with Gasteiger partial charge in [0.15, 0.2) is 11.4 Å². The quantitative estimate of drug-likeness (QED) is 0.701. The van der Waals surface area contributed by atoms with E-state index in [-0.39, 0.29) is 6.54 Å². The van der Waals surface area contributed by atoms with Gasteiger partial charge in [0.2, 0.25) is 5.95 Å². The normalized spacial score (nSPS) is 15.6. The summed E-state index contributed by atoms with van der Waals surface area (Å²) in [4.78, 5) is 11.2. The Morgan fingerprint density at radius 1 is 1.38 bits per heavy atom. The molecule has 0 aromatic carbocycles. The number of anilines is 2. The van der Waals surface area contributed by atoms with Crippen molar-refractivity contribution in [1.29, 1.82) is 0 Å². The molecule has 2 aromatic heterocycles. The summed E-state index contributed by atoms with van der Waals surface area (Å²) in [6.07, 6.45) is 2.70. The van der Waals surface area contributed by atoms with Gasteiger partial charge in [-0.1, -0.05) is 13.2 Å². The van der Waals surface area contributed by atoms with Crippen molar-refractivity contribution in [3.05, 3.63) is 37.3 Å². The number of piperidine rings is 1. The third-order valence-electron chi connectivity index (χ3n) is 4.45. The molecule has 0 amide bonds. The van der Waals surface area contributed by atoms with Gasteiger partial charge < -0.3 is 20.0 Å². The van der Waals surface area contributed by atoms with Crippen LogP contribution in [-0.2, 0) is 0 Å². The van der Waals surface area contributed by atoms with Crippen molar-refractivity contribution < 1.29 is 13.2 Å². The van der Waals surface area contributed by atoms with Crippen molar-refractivity contribution in [2.45, 2.75) is 19.3 Å². The van der Waals surface area contributed by atoms with Crippen LogP contribution in [0.25, 0.3) is 11.1 Å². The summed E-state index contributed by atoms with van der Waals surface area (Å²) in [7, 11) is 0. The van der Waals surface area contributed by atoms with Gasteiger partial charge in [-0.15, -0.1) is 0 Å². The second-order valence-electron chi connectivity index (χ2n) is 6.34. The van der Waals surface area contributed by atoms with Crippen LogP contribution in [0.1, 0.15) is 12.8 Å². The number of hydrogen-bond donors (Lipinski definition) is 2. The van der Waals surface area contributed by atoms with Crippen LogP contribution in [0.15, 0.2) is 41.7 Å². The molecular formula is C18H23F2N5O. The van der Waals surface area contributed by atoms with Gasteiger partial charge >= 0.3 is 0 Å². The molecule has 1 aliphatic heterocycles. The van der Waals surface area contributed by atoms with E-state index in [1.807, 2.05) is 0 Å². The molecule has 0 atom stereocenters. The van der Waals surface area contributed by atoms with Crippen molar-refractivity contribution in [3.63, 3.8) is 0 Å². The first-order valence-electron chi connectivity index (χ1n) is 8.64. The van der Waals surface area contributed by atoms with Crippen LogP contribution >= 0.6 is 0 Å². The SMILES string of the molecule is C=CC(=C)Nc1nc(N2CCC(CNCC(F)F)CC2)c2occc2n1. The van der Waals surface area contributed by atoms with Crippen LogP contribution in [0.4, 0.5) is 20.5 Å². The highest BCUT2D eigenvalue weighted by atomic mass is 19.3. The van der Waals surface area contributed by atoms with E-state index in [2.05, 4.69) is 38.7 Å². The van der Waals surface area contributed by atoms with Crippen LogP contribution < -0.4 is 15.5 Å². The maximum Gasteiger partial charge on any atom is 0.250 e. The van der Waals surface area contributed by atoms with Crippen molar-refractivity contribution in [2.24, 2.45) is 5.92 Å². The minimum atomic E-state index is -2.31. The Labute approximate surface area is 151 Å². The summed E-state index contributed by atoms with van der Waals surface area (Å²) in [5.41, 5.74) is 1.98. The van der Waals surface area contributed by atoms with Gasteiger partial charge in [-0.05, 0) is 31.4 Å². The second kappa shape index (κ2) is 8.27. The summed E-state index contributed by atoms with van der Waals surface area (Å²) in [5, 5.41) is 5.85. The van der Waals surface area contributed by atoms with E-state index in [9.17, 15) is 8.78 Å². The minimum absolute atomic E-state index is 0.249. The molecule has 0 aliphatic carbocycles. The fraction of sp³-hybridized carbons (Fsp3) is 0.444. The molecule has 2 N–H and O–H groups in total. The van der Waals surface area contributed by atoms with Gasteiger partial charge in [0.05, 0.1) is 12.8 Å². The van der Waals surface area contributed by atoms with E-state index in [1.165, 1.54) is 0 Å². The van der Waals surface area contributed by atoms with E-state index >= 15 is 0 Å². The zero-order valence-electron chi connectivity index (χ0n) is 14.5. The fourth-order valence-electron chi connectivity index (χ4n) is 3.06. The van der Waals surface area contributed by atoms with Crippen LogP contribution in [0.2, 0.25) is 0 Å². The predicted molar refractivity (Wildman–Crippen MR) is 98.6 cm³/mol. The second-order valence-corrected chi connectivity index (χ2v) is 6.34. The average Bonchev–Trinajstić information content (AvgIpc) is 3.10. The number of aromatic nitrogens is 2. The summed E-state index contributed by atoms with van der Waals surface area (Å²) in [6.45, 7) is 9.43. The molecule has 6 nitrogen and oxygen atoms in total. The molecule has 1 aliphatic rings. The highest BCUT2D eigenvalue weighted by Gasteiger charge is 2.23. The van der Waals surface area contributed by atoms with Gasteiger partial charge in [0, 0.05) is 24.9 Å². The number of allylic oxidation sites excluding steroid dienone is 1. The predicted octanol–water partition coefficient (Wildman–Crippen LogP) is 3.41. The molecule has 140 valence electrons. The van der Waals surface area contributed by atoms with Gasteiger partial charge in [-0.3, -0.25) is 0 Å². The molecule has 0 radical (unpaired) electrons. The molecule has 2 aromatic rings. The van der Waals surface area contributed by atoms with E-state index < -0.39 is 6.43 Å². The smallest absolute Gasteiger partial charge is 0.250 e. The zero-order valence-corrected chi connectivity index (χ0v) is 14.5. The Bertz CT molecular complexity index is 768. The van der Waals surface area contributed by atoms with Crippen molar-refractivity contribution in [1.82, 2.24) is 15.3 Å².